The molecule has 1 aromatic rings. The van der Waals surface area contributed by atoms with Crippen molar-refractivity contribution in [3.63, 3.8) is 0 Å². The van der Waals surface area contributed by atoms with Crippen molar-refractivity contribution in [1.82, 2.24) is 0 Å². The van der Waals surface area contributed by atoms with Crippen molar-refractivity contribution in [2.75, 3.05) is 11.9 Å². The lowest BCUT2D eigenvalue weighted by atomic mass is 10.0. The molecule has 0 bridgehead atoms. The molecule has 0 spiro atoms. The highest BCUT2D eigenvalue weighted by atomic mass is 35.5. The number of nitrogens with one attached hydrogen (secondary N) is 1. The monoisotopic (exact) mass is 238 g/mol. The molecule has 3 heteroatoms. The molecule has 2 unspecified atom stereocenters. The van der Waals surface area contributed by atoms with Crippen molar-refractivity contribution < 1.29 is 0 Å². The van der Waals surface area contributed by atoms with Crippen LogP contribution < -0.4 is 11.1 Å². The van der Waals surface area contributed by atoms with Crippen LogP contribution in [0.5, 0.6) is 0 Å². The van der Waals surface area contributed by atoms with Crippen LogP contribution in [0.2, 0.25) is 5.02 Å². The third-order valence-corrected chi connectivity index (χ3v) is 3.83. The van der Waals surface area contributed by atoms with Crippen LogP contribution in [0.4, 0.5) is 5.69 Å². The zero-order valence-electron chi connectivity index (χ0n) is 9.67. The lowest BCUT2D eigenvalue weighted by Crippen LogP contribution is -2.29. The summed E-state index contributed by atoms with van der Waals surface area (Å²) in [6.45, 7) is 2.85. The Labute approximate surface area is 102 Å². The Hall–Kier alpha value is -0.730. The molecular formula is C13H19ClN2. The van der Waals surface area contributed by atoms with Gasteiger partial charge in [-0.1, -0.05) is 30.2 Å². The fourth-order valence-electron chi connectivity index (χ4n) is 2.51. The molecule has 16 heavy (non-hydrogen) atoms. The van der Waals surface area contributed by atoms with Gasteiger partial charge in [0.05, 0.1) is 10.7 Å². The Bertz CT molecular complexity index is 345. The predicted molar refractivity (Wildman–Crippen MR) is 70.0 cm³/mol. The number of nitrogens with two attached hydrogens (primary N) is 1. The summed E-state index contributed by atoms with van der Waals surface area (Å²) in [5.74, 6) is 0.593. The zero-order chi connectivity index (χ0) is 11.5. The van der Waals surface area contributed by atoms with Crippen LogP contribution in [0.15, 0.2) is 18.2 Å². The summed E-state index contributed by atoms with van der Waals surface area (Å²) in [5.41, 5.74) is 8.06. The Morgan fingerprint density at radius 2 is 2.25 bits per heavy atom. The van der Waals surface area contributed by atoms with E-state index >= 15 is 0 Å². The van der Waals surface area contributed by atoms with Crippen LogP contribution in [0, 0.1) is 12.8 Å². The Morgan fingerprint density at radius 3 is 2.94 bits per heavy atom. The molecule has 0 heterocycles. The van der Waals surface area contributed by atoms with E-state index in [-0.39, 0.29) is 0 Å². The van der Waals surface area contributed by atoms with E-state index in [0.29, 0.717) is 12.0 Å². The molecule has 1 aliphatic rings. The fraction of sp³-hybridized carbons (Fsp3) is 0.538. The number of hydrogen-bond acceptors (Lipinski definition) is 2. The molecule has 1 saturated carbocycles. The van der Waals surface area contributed by atoms with Crippen molar-refractivity contribution in [3.8, 4) is 0 Å². The number of benzene rings is 1. The summed E-state index contributed by atoms with van der Waals surface area (Å²) in [6.07, 6.45) is 3.70. The minimum atomic E-state index is 0.489. The molecule has 3 N–H and O–H groups in total. The van der Waals surface area contributed by atoms with E-state index in [4.69, 9.17) is 17.3 Å². The van der Waals surface area contributed by atoms with Crippen LogP contribution >= 0.6 is 11.6 Å². The number of aryl methyl sites for hydroxylation is 1. The first-order chi connectivity index (χ1) is 7.72. The molecule has 1 aromatic carbocycles. The van der Waals surface area contributed by atoms with Crippen LogP contribution in [-0.4, -0.2) is 12.6 Å². The standard InChI is InChI=1S/C13H19ClN2/c1-9-4-2-6-11(14)13(9)16-12-7-3-5-10(12)8-15/h2,4,6,10,12,16H,3,5,7-8,15H2,1H3. The zero-order valence-corrected chi connectivity index (χ0v) is 10.4. The second-order valence-corrected chi connectivity index (χ2v) is 5.02. The van der Waals surface area contributed by atoms with Gasteiger partial charge in [0.15, 0.2) is 0 Å². The topological polar surface area (TPSA) is 38.0 Å². The van der Waals surface area contributed by atoms with Gasteiger partial charge in [-0.2, -0.15) is 0 Å². The molecule has 0 aliphatic heterocycles. The molecule has 0 saturated heterocycles. The van der Waals surface area contributed by atoms with Crippen molar-refractivity contribution >= 4 is 17.3 Å². The normalized spacial score (nSPS) is 24.7. The Morgan fingerprint density at radius 1 is 1.44 bits per heavy atom. The third-order valence-electron chi connectivity index (χ3n) is 3.51. The minimum absolute atomic E-state index is 0.489. The summed E-state index contributed by atoms with van der Waals surface area (Å²) in [5, 5.41) is 4.37. The minimum Gasteiger partial charge on any atom is -0.381 e. The Kier molecular flexibility index (Phi) is 3.72. The number of rotatable bonds is 3. The van der Waals surface area contributed by atoms with Crippen LogP contribution in [0.1, 0.15) is 24.8 Å². The summed E-state index contributed by atoms with van der Waals surface area (Å²) < 4.78 is 0. The van der Waals surface area contributed by atoms with Gasteiger partial charge in [0.1, 0.15) is 0 Å². The highest BCUT2D eigenvalue weighted by molar-refractivity contribution is 6.33. The first-order valence-electron chi connectivity index (χ1n) is 5.94. The summed E-state index contributed by atoms with van der Waals surface area (Å²) in [6, 6.07) is 6.49. The van der Waals surface area contributed by atoms with E-state index in [1.165, 1.54) is 24.8 Å². The second kappa shape index (κ2) is 5.07. The number of hydrogen-bond donors (Lipinski definition) is 2. The third kappa shape index (κ3) is 2.33. The Balaban J connectivity index is 2.14. The van der Waals surface area contributed by atoms with Crippen LogP contribution in [0.3, 0.4) is 0 Å². The second-order valence-electron chi connectivity index (χ2n) is 4.61. The van der Waals surface area contributed by atoms with E-state index in [0.717, 1.165) is 17.3 Å². The van der Waals surface area contributed by atoms with E-state index in [9.17, 15) is 0 Å². The maximum atomic E-state index is 6.21. The highest BCUT2D eigenvalue weighted by Gasteiger charge is 2.26. The van der Waals surface area contributed by atoms with Gasteiger partial charge in [0.25, 0.3) is 0 Å². The summed E-state index contributed by atoms with van der Waals surface area (Å²) in [4.78, 5) is 0. The highest BCUT2D eigenvalue weighted by Crippen LogP contribution is 2.32. The van der Waals surface area contributed by atoms with Crippen molar-refractivity contribution in [3.05, 3.63) is 28.8 Å². The molecule has 0 amide bonds. The lowest BCUT2D eigenvalue weighted by molar-refractivity contribution is 0.516. The quantitative estimate of drug-likeness (QED) is 0.849. The van der Waals surface area contributed by atoms with Crippen molar-refractivity contribution in [1.29, 1.82) is 0 Å². The molecule has 2 nitrogen and oxygen atoms in total. The van der Waals surface area contributed by atoms with Crippen LogP contribution in [0.25, 0.3) is 0 Å². The number of halogens is 1. The average molecular weight is 239 g/mol. The van der Waals surface area contributed by atoms with Gasteiger partial charge in [0, 0.05) is 6.04 Å². The van der Waals surface area contributed by atoms with Crippen LogP contribution in [-0.2, 0) is 0 Å². The first kappa shape index (κ1) is 11.7. The molecule has 1 fully saturated rings. The lowest BCUT2D eigenvalue weighted by Gasteiger charge is -2.22. The molecule has 0 radical (unpaired) electrons. The fourth-order valence-corrected chi connectivity index (χ4v) is 2.79. The van der Waals surface area contributed by atoms with Gasteiger partial charge in [-0.25, -0.2) is 0 Å². The molecule has 0 aromatic heterocycles. The molecule has 1 aliphatic carbocycles. The molecule has 88 valence electrons. The SMILES string of the molecule is Cc1cccc(Cl)c1NC1CCCC1CN. The first-order valence-corrected chi connectivity index (χ1v) is 6.32. The molecule has 2 rings (SSSR count). The van der Waals surface area contributed by atoms with Gasteiger partial charge in [-0.15, -0.1) is 0 Å². The summed E-state index contributed by atoms with van der Waals surface area (Å²) in [7, 11) is 0. The van der Waals surface area contributed by atoms with Gasteiger partial charge < -0.3 is 11.1 Å². The van der Waals surface area contributed by atoms with Gasteiger partial charge in [0.2, 0.25) is 0 Å². The van der Waals surface area contributed by atoms with Gasteiger partial charge in [-0.3, -0.25) is 0 Å². The predicted octanol–water partition coefficient (Wildman–Crippen LogP) is 3.19. The van der Waals surface area contributed by atoms with E-state index in [1.54, 1.807) is 0 Å². The van der Waals surface area contributed by atoms with Crippen molar-refractivity contribution in [2.45, 2.75) is 32.2 Å². The smallest absolute Gasteiger partial charge is 0.0640 e. The molecule has 2 atom stereocenters. The average Bonchev–Trinajstić information content (AvgIpc) is 2.71. The summed E-state index contributed by atoms with van der Waals surface area (Å²) >= 11 is 6.21. The van der Waals surface area contributed by atoms with E-state index in [1.807, 2.05) is 12.1 Å². The number of anilines is 1. The van der Waals surface area contributed by atoms with E-state index in [2.05, 4.69) is 18.3 Å². The maximum Gasteiger partial charge on any atom is 0.0640 e. The van der Waals surface area contributed by atoms with E-state index < -0.39 is 0 Å². The van der Waals surface area contributed by atoms with Gasteiger partial charge >= 0.3 is 0 Å². The maximum absolute atomic E-state index is 6.21. The number of para-hydroxylation sites is 1. The van der Waals surface area contributed by atoms with Crippen molar-refractivity contribution in [2.24, 2.45) is 11.7 Å². The molecular weight excluding hydrogens is 220 g/mol. The largest absolute Gasteiger partial charge is 0.381 e. The van der Waals surface area contributed by atoms with Gasteiger partial charge in [-0.05, 0) is 43.9 Å².